The molecule has 182 valence electrons. The van der Waals surface area contributed by atoms with Gasteiger partial charge in [-0.3, -0.25) is 14.6 Å². The van der Waals surface area contributed by atoms with E-state index in [9.17, 15) is 22.8 Å². The number of nitrogens with one attached hydrogen (secondary N) is 2. The van der Waals surface area contributed by atoms with Crippen LogP contribution in [0.25, 0.3) is 11.0 Å². The SMILES string of the molecule is O=C(Nc1cc(F)c(F)c(C(=O)c2ccc3nc(C4CNCCO4)cnc3c2)c1)c1ccc(F)cc1. The number of fused-ring (bicyclic) bond motifs is 1. The third kappa shape index (κ3) is 4.81. The normalized spacial score (nSPS) is 15.6. The highest BCUT2D eigenvalue weighted by atomic mass is 19.2. The summed E-state index contributed by atoms with van der Waals surface area (Å²) in [7, 11) is 0. The van der Waals surface area contributed by atoms with E-state index in [1.807, 2.05) is 0 Å². The van der Waals surface area contributed by atoms with Crippen LogP contribution in [0.3, 0.4) is 0 Å². The quantitative estimate of drug-likeness (QED) is 0.406. The maximum absolute atomic E-state index is 14.6. The second kappa shape index (κ2) is 9.84. The van der Waals surface area contributed by atoms with Crippen molar-refractivity contribution in [1.29, 1.82) is 0 Å². The fraction of sp³-hybridized carbons (Fsp3) is 0.154. The summed E-state index contributed by atoms with van der Waals surface area (Å²) in [6, 6.07) is 11.0. The Morgan fingerprint density at radius 3 is 2.50 bits per heavy atom. The van der Waals surface area contributed by atoms with Gasteiger partial charge in [-0.1, -0.05) is 0 Å². The predicted octanol–water partition coefficient (Wildman–Crippen LogP) is 4.19. The lowest BCUT2D eigenvalue weighted by atomic mass is 10.0. The van der Waals surface area contributed by atoms with Gasteiger partial charge in [-0.15, -0.1) is 0 Å². The van der Waals surface area contributed by atoms with Crippen LogP contribution in [0.5, 0.6) is 0 Å². The molecule has 1 atom stereocenters. The molecular weight excluding hydrogens is 473 g/mol. The fourth-order valence-electron chi connectivity index (χ4n) is 3.86. The van der Waals surface area contributed by atoms with E-state index in [-0.39, 0.29) is 22.9 Å². The van der Waals surface area contributed by atoms with Crippen LogP contribution in [0.4, 0.5) is 18.9 Å². The lowest BCUT2D eigenvalue weighted by Gasteiger charge is -2.22. The van der Waals surface area contributed by atoms with E-state index in [4.69, 9.17) is 4.74 Å². The molecule has 5 rings (SSSR count). The van der Waals surface area contributed by atoms with Gasteiger partial charge in [-0.25, -0.2) is 18.2 Å². The molecule has 2 N–H and O–H groups in total. The minimum Gasteiger partial charge on any atom is -0.369 e. The van der Waals surface area contributed by atoms with E-state index in [2.05, 4.69) is 20.6 Å². The Kier molecular flexibility index (Phi) is 6.45. The van der Waals surface area contributed by atoms with Gasteiger partial charge in [0.15, 0.2) is 17.4 Å². The van der Waals surface area contributed by atoms with Crippen molar-refractivity contribution in [3.63, 3.8) is 0 Å². The Balaban J connectivity index is 1.41. The number of benzene rings is 3. The van der Waals surface area contributed by atoms with E-state index in [0.29, 0.717) is 29.9 Å². The number of aromatic nitrogens is 2. The molecule has 0 spiro atoms. The number of rotatable bonds is 5. The molecule has 0 saturated carbocycles. The summed E-state index contributed by atoms with van der Waals surface area (Å²) >= 11 is 0. The number of carbonyl (C=O) groups excluding carboxylic acids is 2. The summed E-state index contributed by atoms with van der Waals surface area (Å²) in [4.78, 5) is 34.4. The topological polar surface area (TPSA) is 93.2 Å². The molecule has 1 saturated heterocycles. The van der Waals surface area contributed by atoms with Crippen molar-refractivity contribution in [3.8, 4) is 0 Å². The first-order valence-corrected chi connectivity index (χ1v) is 11.1. The molecule has 1 aliphatic rings. The van der Waals surface area contributed by atoms with Crippen LogP contribution in [0.2, 0.25) is 0 Å². The van der Waals surface area contributed by atoms with Gasteiger partial charge in [0, 0.05) is 36.0 Å². The summed E-state index contributed by atoms with van der Waals surface area (Å²) in [6.07, 6.45) is 1.32. The molecule has 10 heteroatoms. The number of nitrogens with zero attached hydrogens (tertiary/aromatic N) is 2. The first-order valence-electron chi connectivity index (χ1n) is 11.1. The molecule has 0 aliphatic carbocycles. The third-order valence-corrected chi connectivity index (χ3v) is 5.72. The molecule has 0 radical (unpaired) electrons. The molecule has 1 amide bonds. The van der Waals surface area contributed by atoms with Gasteiger partial charge in [0.25, 0.3) is 5.91 Å². The highest BCUT2D eigenvalue weighted by molar-refractivity contribution is 6.11. The van der Waals surface area contributed by atoms with Gasteiger partial charge in [0.2, 0.25) is 0 Å². The highest BCUT2D eigenvalue weighted by Crippen LogP contribution is 2.24. The first-order chi connectivity index (χ1) is 17.4. The van der Waals surface area contributed by atoms with Crippen LogP contribution in [-0.4, -0.2) is 41.4 Å². The van der Waals surface area contributed by atoms with Crippen LogP contribution in [0.1, 0.15) is 38.1 Å². The maximum Gasteiger partial charge on any atom is 0.255 e. The monoisotopic (exact) mass is 492 g/mol. The highest BCUT2D eigenvalue weighted by Gasteiger charge is 2.22. The van der Waals surface area contributed by atoms with Crippen LogP contribution in [0.15, 0.2) is 60.8 Å². The van der Waals surface area contributed by atoms with Crippen molar-refractivity contribution in [2.75, 3.05) is 25.0 Å². The fourth-order valence-corrected chi connectivity index (χ4v) is 3.86. The number of ketones is 1. The van der Waals surface area contributed by atoms with Gasteiger partial charge in [0.05, 0.1) is 35.1 Å². The molecule has 1 fully saturated rings. The minimum atomic E-state index is -1.34. The molecule has 2 heterocycles. The second-order valence-electron chi connectivity index (χ2n) is 8.17. The minimum absolute atomic E-state index is 0.0699. The van der Waals surface area contributed by atoms with E-state index < -0.39 is 34.7 Å². The van der Waals surface area contributed by atoms with E-state index in [1.165, 1.54) is 24.3 Å². The zero-order valence-electron chi connectivity index (χ0n) is 18.7. The Hall–Kier alpha value is -4.15. The average Bonchev–Trinajstić information content (AvgIpc) is 2.90. The van der Waals surface area contributed by atoms with Gasteiger partial charge < -0.3 is 15.4 Å². The number of halogens is 3. The number of hydrogen-bond acceptors (Lipinski definition) is 6. The van der Waals surface area contributed by atoms with Crippen molar-refractivity contribution >= 4 is 28.4 Å². The van der Waals surface area contributed by atoms with Crippen LogP contribution in [0, 0.1) is 17.5 Å². The number of anilines is 1. The van der Waals surface area contributed by atoms with Gasteiger partial charge >= 0.3 is 0 Å². The van der Waals surface area contributed by atoms with Gasteiger partial charge in [-0.2, -0.15) is 0 Å². The summed E-state index contributed by atoms with van der Waals surface area (Å²) in [5, 5.41) is 5.62. The zero-order chi connectivity index (χ0) is 25.2. The third-order valence-electron chi connectivity index (χ3n) is 5.72. The molecule has 1 unspecified atom stereocenters. The number of morpholine rings is 1. The number of carbonyl (C=O) groups is 2. The molecule has 4 aromatic rings. The van der Waals surface area contributed by atoms with Crippen molar-refractivity contribution in [2.24, 2.45) is 0 Å². The smallest absolute Gasteiger partial charge is 0.255 e. The molecule has 1 aromatic heterocycles. The zero-order valence-corrected chi connectivity index (χ0v) is 18.7. The Morgan fingerprint density at radius 1 is 0.972 bits per heavy atom. The van der Waals surface area contributed by atoms with Crippen molar-refractivity contribution in [2.45, 2.75) is 6.10 Å². The predicted molar refractivity (Wildman–Crippen MR) is 125 cm³/mol. The summed E-state index contributed by atoms with van der Waals surface area (Å²) in [5.74, 6) is -4.64. The summed E-state index contributed by atoms with van der Waals surface area (Å²) in [5.41, 5.74) is 1.05. The summed E-state index contributed by atoms with van der Waals surface area (Å²) in [6.45, 7) is 1.93. The van der Waals surface area contributed by atoms with Crippen LogP contribution >= 0.6 is 0 Å². The average molecular weight is 492 g/mol. The lowest BCUT2D eigenvalue weighted by molar-refractivity contribution is 0.0250. The molecule has 7 nitrogen and oxygen atoms in total. The molecule has 3 aromatic carbocycles. The van der Waals surface area contributed by atoms with E-state index >= 15 is 0 Å². The van der Waals surface area contributed by atoms with E-state index in [0.717, 1.165) is 30.8 Å². The number of amides is 1. The van der Waals surface area contributed by atoms with Crippen LogP contribution < -0.4 is 10.6 Å². The van der Waals surface area contributed by atoms with Gasteiger partial charge in [0.1, 0.15) is 11.9 Å². The Morgan fingerprint density at radius 2 is 1.75 bits per heavy atom. The van der Waals surface area contributed by atoms with E-state index in [1.54, 1.807) is 12.3 Å². The number of hydrogen-bond donors (Lipinski definition) is 2. The Bertz CT molecular complexity index is 1470. The maximum atomic E-state index is 14.6. The second-order valence-corrected chi connectivity index (χ2v) is 8.17. The van der Waals surface area contributed by atoms with Crippen LogP contribution in [-0.2, 0) is 4.74 Å². The van der Waals surface area contributed by atoms with Gasteiger partial charge in [-0.05, 0) is 48.5 Å². The molecule has 1 aliphatic heterocycles. The molecule has 36 heavy (non-hydrogen) atoms. The largest absolute Gasteiger partial charge is 0.369 e. The standard InChI is InChI=1S/C26H19F3N4O3/c27-16-4-1-14(2-5-16)26(35)32-17-10-18(24(29)19(28)11-17)25(34)15-3-6-20-21(9-15)31-12-22(33-20)23-13-30-7-8-36-23/h1-6,9-12,23,30H,7-8,13H2,(H,32,35). The lowest BCUT2D eigenvalue weighted by Crippen LogP contribution is -2.33. The molecule has 0 bridgehead atoms. The van der Waals surface area contributed by atoms with Crippen molar-refractivity contribution < 1.29 is 27.5 Å². The first kappa shape index (κ1) is 23.6. The number of ether oxygens (including phenoxy) is 1. The molecular formula is C26H19F3N4O3. The Labute approximate surface area is 203 Å². The van der Waals surface area contributed by atoms with Crippen molar-refractivity contribution in [1.82, 2.24) is 15.3 Å². The summed E-state index contributed by atoms with van der Waals surface area (Å²) < 4.78 is 47.7. The van der Waals surface area contributed by atoms with Crippen molar-refractivity contribution in [3.05, 3.63) is 101 Å².